The summed E-state index contributed by atoms with van der Waals surface area (Å²) >= 11 is 6.26. The molecule has 1 saturated heterocycles. The van der Waals surface area contributed by atoms with Gasteiger partial charge >= 0.3 is 0 Å². The van der Waals surface area contributed by atoms with E-state index in [2.05, 4.69) is 10.3 Å². The van der Waals surface area contributed by atoms with Crippen molar-refractivity contribution in [1.29, 1.82) is 0 Å². The molecule has 1 aromatic heterocycles. The molecule has 2 N–H and O–H groups in total. The molecule has 0 bridgehead atoms. The summed E-state index contributed by atoms with van der Waals surface area (Å²) in [5.41, 5.74) is 0.934. The normalized spacial score (nSPS) is 17.2. The predicted octanol–water partition coefficient (Wildman–Crippen LogP) is 2.78. The number of aromatic nitrogens is 1. The van der Waals surface area contributed by atoms with E-state index in [-0.39, 0.29) is 35.7 Å². The Hall–Kier alpha value is -2.09. The summed E-state index contributed by atoms with van der Waals surface area (Å²) in [7, 11) is 0. The fraction of sp³-hybridized carbons (Fsp3) is 0.267. The van der Waals surface area contributed by atoms with Gasteiger partial charge in [0, 0.05) is 30.7 Å². The standard InChI is InChI=1S/C15H15ClN4O3.ClH/c16-12-4-2-1-3-11(12)14-9-17-5-6-19(14)15(21)13-7-10(8-18-13)20(22)23;/h1-4,7-8,14,17-18H,5-6,9H2;1H. The maximum Gasteiger partial charge on any atom is 0.287 e. The minimum absolute atomic E-state index is 0. The van der Waals surface area contributed by atoms with E-state index < -0.39 is 4.92 Å². The molecule has 7 nitrogen and oxygen atoms in total. The second-order valence-corrected chi connectivity index (χ2v) is 5.68. The molecule has 24 heavy (non-hydrogen) atoms. The van der Waals surface area contributed by atoms with Crippen molar-refractivity contribution in [3.63, 3.8) is 0 Å². The number of amides is 1. The molecule has 2 aromatic rings. The van der Waals surface area contributed by atoms with E-state index in [1.54, 1.807) is 11.0 Å². The van der Waals surface area contributed by atoms with Gasteiger partial charge < -0.3 is 15.2 Å². The maximum atomic E-state index is 12.7. The number of H-pyrrole nitrogens is 1. The molecule has 1 aliphatic heterocycles. The van der Waals surface area contributed by atoms with Crippen molar-refractivity contribution in [1.82, 2.24) is 15.2 Å². The van der Waals surface area contributed by atoms with Crippen LogP contribution in [0.4, 0.5) is 5.69 Å². The highest BCUT2D eigenvalue weighted by atomic mass is 35.5. The van der Waals surface area contributed by atoms with Crippen molar-refractivity contribution in [2.24, 2.45) is 0 Å². The molecule has 1 amide bonds. The van der Waals surface area contributed by atoms with Gasteiger partial charge in [0.05, 0.1) is 17.2 Å². The van der Waals surface area contributed by atoms with E-state index in [9.17, 15) is 14.9 Å². The van der Waals surface area contributed by atoms with Gasteiger partial charge in [-0.3, -0.25) is 14.9 Å². The van der Waals surface area contributed by atoms with Gasteiger partial charge in [0.2, 0.25) is 0 Å². The van der Waals surface area contributed by atoms with Gasteiger partial charge in [0.15, 0.2) is 0 Å². The number of nitro groups is 1. The van der Waals surface area contributed by atoms with Crippen LogP contribution in [0.5, 0.6) is 0 Å². The second kappa shape index (κ2) is 7.65. The van der Waals surface area contributed by atoms with Crippen LogP contribution in [0.2, 0.25) is 5.02 Å². The van der Waals surface area contributed by atoms with Gasteiger partial charge in [-0.25, -0.2) is 0 Å². The number of piperazine rings is 1. The van der Waals surface area contributed by atoms with Gasteiger partial charge in [-0.2, -0.15) is 0 Å². The molecule has 3 rings (SSSR count). The van der Waals surface area contributed by atoms with Crippen molar-refractivity contribution >= 4 is 35.6 Å². The van der Waals surface area contributed by atoms with Crippen LogP contribution in [-0.4, -0.2) is 40.3 Å². The van der Waals surface area contributed by atoms with Crippen LogP contribution in [0.25, 0.3) is 0 Å². The largest absolute Gasteiger partial charge is 0.351 e. The van der Waals surface area contributed by atoms with Gasteiger partial charge in [-0.05, 0) is 11.6 Å². The first-order valence-corrected chi connectivity index (χ1v) is 7.54. The number of rotatable bonds is 3. The van der Waals surface area contributed by atoms with Crippen LogP contribution in [0.3, 0.4) is 0 Å². The highest BCUT2D eigenvalue weighted by molar-refractivity contribution is 6.31. The Bertz CT molecular complexity index is 750. The number of aromatic amines is 1. The van der Waals surface area contributed by atoms with Crippen LogP contribution in [0.15, 0.2) is 36.5 Å². The summed E-state index contributed by atoms with van der Waals surface area (Å²) < 4.78 is 0. The number of halogens is 2. The minimum atomic E-state index is -0.531. The topological polar surface area (TPSA) is 91.3 Å². The highest BCUT2D eigenvalue weighted by Gasteiger charge is 2.31. The average molecular weight is 371 g/mol. The van der Waals surface area contributed by atoms with Crippen LogP contribution in [0.1, 0.15) is 22.1 Å². The number of hydrogen-bond acceptors (Lipinski definition) is 4. The monoisotopic (exact) mass is 370 g/mol. The van der Waals surface area contributed by atoms with E-state index in [1.807, 2.05) is 18.2 Å². The molecular formula is C15H16Cl2N4O3. The Morgan fingerprint density at radius 2 is 2.12 bits per heavy atom. The first-order valence-electron chi connectivity index (χ1n) is 7.17. The summed E-state index contributed by atoms with van der Waals surface area (Å²) in [5.74, 6) is -0.274. The molecule has 1 aromatic carbocycles. The maximum absolute atomic E-state index is 12.7. The molecule has 0 aliphatic carbocycles. The van der Waals surface area contributed by atoms with Gasteiger partial charge in [0.1, 0.15) is 5.69 Å². The zero-order chi connectivity index (χ0) is 16.4. The number of nitrogens with zero attached hydrogens (tertiary/aromatic N) is 2. The Kier molecular flexibility index (Phi) is 5.82. The van der Waals surface area contributed by atoms with Crippen molar-refractivity contribution in [3.8, 4) is 0 Å². The lowest BCUT2D eigenvalue weighted by atomic mass is 10.0. The molecule has 1 fully saturated rings. The molecule has 1 unspecified atom stereocenters. The third-order valence-electron chi connectivity index (χ3n) is 3.88. The molecule has 9 heteroatoms. The number of hydrogen-bond donors (Lipinski definition) is 2. The fourth-order valence-electron chi connectivity index (χ4n) is 2.74. The predicted molar refractivity (Wildman–Crippen MR) is 92.8 cm³/mol. The summed E-state index contributed by atoms with van der Waals surface area (Å²) in [4.78, 5) is 27.3. The third-order valence-corrected chi connectivity index (χ3v) is 4.22. The Balaban J connectivity index is 0.00000208. The lowest BCUT2D eigenvalue weighted by Gasteiger charge is -2.36. The lowest BCUT2D eigenvalue weighted by Crippen LogP contribution is -2.48. The summed E-state index contributed by atoms with van der Waals surface area (Å²) in [6, 6.07) is 8.42. The Morgan fingerprint density at radius 3 is 2.79 bits per heavy atom. The molecule has 128 valence electrons. The highest BCUT2D eigenvalue weighted by Crippen LogP contribution is 2.29. The fourth-order valence-corrected chi connectivity index (χ4v) is 3.00. The average Bonchev–Trinajstić information content (AvgIpc) is 3.05. The van der Waals surface area contributed by atoms with E-state index >= 15 is 0 Å². The molecule has 1 atom stereocenters. The molecule has 0 radical (unpaired) electrons. The lowest BCUT2D eigenvalue weighted by molar-refractivity contribution is -0.384. The van der Waals surface area contributed by atoms with Crippen molar-refractivity contribution in [2.45, 2.75) is 6.04 Å². The number of carbonyl (C=O) groups excluding carboxylic acids is 1. The van der Waals surface area contributed by atoms with E-state index in [1.165, 1.54) is 12.3 Å². The molecular weight excluding hydrogens is 355 g/mol. The number of nitrogens with one attached hydrogen (secondary N) is 2. The first-order chi connectivity index (χ1) is 11.1. The Morgan fingerprint density at radius 1 is 1.38 bits per heavy atom. The van der Waals surface area contributed by atoms with E-state index in [0.717, 1.165) is 5.56 Å². The SMILES string of the molecule is Cl.O=C(c1cc([N+](=O)[O-])c[nH]1)N1CCNCC1c1ccccc1Cl. The Labute approximate surface area is 149 Å². The van der Waals surface area contributed by atoms with Crippen molar-refractivity contribution < 1.29 is 9.72 Å². The van der Waals surface area contributed by atoms with Gasteiger partial charge in [-0.1, -0.05) is 29.8 Å². The molecule has 2 heterocycles. The summed E-state index contributed by atoms with van der Waals surface area (Å²) in [6.45, 7) is 1.75. The number of carbonyl (C=O) groups is 1. The minimum Gasteiger partial charge on any atom is -0.351 e. The molecule has 0 spiro atoms. The van der Waals surface area contributed by atoms with Crippen LogP contribution < -0.4 is 5.32 Å². The van der Waals surface area contributed by atoms with Gasteiger partial charge in [0.25, 0.3) is 11.6 Å². The second-order valence-electron chi connectivity index (χ2n) is 5.27. The smallest absolute Gasteiger partial charge is 0.287 e. The van der Waals surface area contributed by atoms with Crippen molar-refractivity contribution in [2.75, 3.05) is 19.6 Å². The first kappa shape index (κ1) is 18.3. The molecule has 1 aliphatic rings. The zero-order valence-corrected chi connectivity index (χ0v) is 14.1. The number of benzene rings is 1. The zero-order valence-electron chi connectivity index (χ0n) is 12.6. The van der Waals surface area contributed by atoms with E-state index in [0.29, 0.717) is 24.7 Å². The third kappa shape index (κ3) is 3.53. The molecule has 0 saturated carbocycles. The van der Waals surface area contributed by atoms with Crippen LogP contribution in [0, 0.1) is 10.1 Å². The summed E-state index contributed by atoms with van der Waals surface area (Å²) in [5, 5.41) is 14.6. The quantitative estimate of drug-likeness (QED) is 0.641. The van der Waals surface area contributed by atoms with Gasteiger partial charge in [-0.15, -0.1) is 12.4 Å². The van der Waals surface area contributed by atoms with Crippen LogP contribution >= 0.6 is 24.0 Å². The van der Waals surface area contributed by atoms with E-state index in [4.69, 9.17) is 11.6 Å². The summed E-state index contributed by atoms with van der Waals surface area (Å²) in [6.07, 6.45) is 1.22. The van der Waals surface area contributed by atoms with Crippen molar-refractivity contribution in [3.05, 3.63) is 62.9 Å². The van der Waals surface area contributed by atoms with Crippen LogP contribution in [-0.2, 0) is 0 Å².